The van der Waals surface area contributed by atoms with Gasteiger partial charge in [-0.15, -0.1) is 0 Å². The van der Waals surface area contributed by atoms with Crippen molar-refractivity contribution in [3.8, 4) is 0 Å². The fraction of sp³-hybridized carbons (Fsp3) is 0.263. The van der Waals surface area contributed by atoms with Gasteiger partial charge in [0.1, 0.15) is 5.82 Å². The first-order valence-electron chi connectivity index (χ1n) is 8.11. The molecule has 1 N–H and O–H groups in total. The van der Waals surface area contributed by atoms with Crippen molar-refractivity contribution in [1.82, 2.24) is 0 Å². The van der Waals surface area contributed by atoms with Gasteiger partial charge in [-0.3, -0.25) is 4.79 Å². The summed E-state index contributed by atoms with van der Waals surface area (Å²) in [4.78, 5) is 25.4. The van der Waals surface area contributed by atoms with Crippen molar-refractivity contribution in [3.05, 3.63) is 65.5 Å². The molecule has 2 aromatic rings. The third-order valence-corrected chi connectivity index (χ3v) is 4.12. The van der Waals surface area contributed by atoms with Crippen LogP contribution >= 0.6 is 0 Å². The number of benzene rings is 2. The van der Waals surface area contributed by atoms with E-state index in [9.17, 15) is 32.3 Å². The summed E-state index contributed by atoms with van der Waals surface area (Å²) in [7, 11) is 0.726. The number of hydrogen-bond donors (Lipinski definition) is 1. The monoisotopic (exact) mass is 399 g/mol. The van der Waals surface area contributed by atoms with Crippen molar-refractivity contribution in [2.24, 2.45) is 0 Å². The van der Waals surface area contributed by atoms with Crippen LogP contribution in [0.3, 0.4) is 0 Å². The van der Waals surface area contributed by atoms with Gasteiger partial charge >= 0.3 is 12.1 Å². The van der Waals surface area contributed by atoms with Gasteiger partial charge < -0.3 is 14.7 Å². The van der Waals surface area contributed by atoms with Crippen LogP contribution in [0.4, 0.5) is 23.2 Å². The molecule has 0 bridgehead atoms. The average Bonchev–Trinajstić information content (AvgIpc) is 2.66. The molecule has 150 valence electrons. The smallest absolute Gasteiger partial charge is 0.432 e. The molecule has 0 spiro atoms. The number of halogens is 4. The number of methoxy groups -OCH3 is 1. The lowest BCUT2D eigenvalue weighted by molar-refractivity contribution is -0.266. The number of anilines is 1. The largest absolute Gasteiger partial charge is 0.466 e. The average molecular weight is 399 g/mol. The van der Waals surface area contributed by atoms with Crippen LogP contribution in [0.1, 0.15) is 22.8 Å². The number of amides is 1. The Labute approximate surface area is 158 Å². The van der Waals surface area contributed by atoms with E-state index in [0.29, 0.717) is 0 Å². The summed E-state index contributed by atoms with van der Waals surface area (Å²) < 4.78 is 57.3. The molecule has 1 atom stereocenters. The summed E-state index contributed by atoms with van der Waals surface area (Å²) in [5, 5.41) is 9.97. The zero-order chi connectivity index (χ0) is 21.1. The second-order valence-electron chi connectivity index (χ2n) is 5.81. The minimum Gasteiger partial charge on any atom is -0.466 e. The lowest BCUT2D eigenvalue weighted by atomic mass is 9.93. The molecular formula is C19H17F4NO4. The number of aliphatic hydroxyl groups is 1. The number of nitrogens with zero attached hydrogens (tertiary/aromatic N) is 1. The van der Waals surface area contributed by atoms with E-state index in [1.807, 2.05) is 0 Å². The SMILES string of the molecule is CCN(C(=O)c1cccc(F)c1)c1ccc(C(O)(C(=O)OC)C(F)(F)F)cc1. The van der Waals surface area contributed by atoms with Crippen molar-refractivity contribution >= 4 is 17.6 Å². The fourth-order valence-corrected chi connectivity index (χ4v) is 2.65. The maximum atomic E-state index is 13.4. The summed E-state index contributed by atoms with van der Waals surface area (Å²) in [6, 6.07) is 9.03. The van der Waals surface area contributed by atoms with Crippen LogP contribution in [-0.2, 0) is 15.1 Å². The van der Waals surface area contributed by atoms with Gasteiger partial charge in [-0.1, -0.05) is 18.2 Å². The highest BCUT2D eigenvalue weighted by molar-refractivity contribution is 6.06. The Hall–Kier alpha value is -2.94. The molecule has 0 heterocycles. The van der Waals surface area contributed by atoms with Crippen LogP contribution < -0.4 is 4.90 Å². The van der Waals surface area contributed by atoms with E-state index in [1.54, 1.807) is 6.92 Å². The number of alkyl halides is 3. The van der Waals surface area contributed by atoms with Crippen molar-refractivity contribution in [2.75, 3.05) is 18.6 Å². The molecule has 9 heteroatoms. The molecule has 0 aliphatic carbocycles. The van der Waals surface area contributed by atoms with Crippen molar-refractivity contribution in [2.45, 2.75) is 18.7 Å². The second-order valence-corrected chi connectivity index (χ2v) is 5.81. The Morgan fingerprint density at radius 1 is 1.11 bits per heavy atom. The molecule has 2 aromatic carbocycles. The highest BCUT2D eigenvalue weighted by Crippen LogP contribution is 2.40. The minimum atomic E-state index is -5.32. The van der Waals surface area contributed by atoms with Crippen molar-refractivity contribution in [3.63, 3.8) is 0 Å². The summed E-state index contributed by atoms with van der Waals surface area (Å²) in [6.45, 7) is 1.78. The van der Waals surface area contributed by atoms with Gasteiger partial charge in [0.2, 0.25) is 0 Å². The number of carbonyl (C=O) groups is 2. The highest BCUT2D eigenvalue weighted by atomic mass is 19.4. The zero-order valence-electron chi connectivity index (χ0n) is 15.0. The molecule has 1 amide bonds. The Balaban J connectivity index is 2.41. The minimum absolute atomic E-state index is 0.0623. The topological polar surface area (TPSA) is 66.8 Å². The predicted octanol–water partition coefficient (Wildman–Crippen LogP) is 3.42. The third kappa shape index (κ3) is 3.84. The predicted molar refractivity (Wildman–Crippen MR) is 92.2 cm³/mol. The molecule has 5 nitrogen and oxygen atoms in total. The standard InChI is InChI=1S/C19H17F4NO4/c1-3-24(16(25)12-5-4-6-14(20)11-12)15-9-7-13(8-10-15)18(27,17(26)28-2)19(21,22)23/h4-11,27H,3H2,1-2H3. The maximum absolute atomic E-state index is 13.4. The van der Waals surface area contributed by atoms with Crippen LogP contribution in [0, 0.1) is 5.82 Å². The van der Waals surface area contributed by atoms with E-state index in [1.165, 1.54) is 23.1 Å². The van der Waals surface area contributed by atoms with Gasteiger partial charge in [-0.25, -0.2) is 9.18 Å². The fourth-order valence-electron chi connectivity index (χ4n) is 2.65. The van der Waals surface area contributed by atoms with Gasteiger partial charge in [-0.05, 0) is 37.3 Å². The zero-order valence-corrected chi connectivity index (χ0v) is 15.0. The quantitative estimate of drug-likeness (QED) is 0.618. The first kappa shape index (κ1) is 21.4. The number of ether oxygens (including phenoxy) is 1. The normalized spacial score (nSPS) is 13.5. The molecule has 0 aliphatic heterocycles. The Morgan fingerprint density at radius 2 is 1.71 bits per heavy atom. The Bertz CT molecular complexity index is 867. The van der Waals surface area contributed by atoms with E-state index in [-0.39, 0.29) is 17.8 Å². The molecule has 0 aliphatic rings. The van der Waals surface area contributed by atoms with E-state index >= 15 is 0 Å². The van der Waals surface area contributed by atoms with Crippen molar-refractivity contribution in [1.29, 1.82) is 0 Å². The van der Waals surface area contributed by atoms with E-state index in [2.05, 4.69) is 4.74 Å². The summed E-state index contributed by atoms with van der Waals surface area (Å²) in [5.74, 6) is -3.05. The van der Waals surface area contributed by atoms with Crippen molar-refractivity contribution < 1.29 is 37.0 Å². The maximum Gasteiger partial charge on any atom is 0.432 e. The van der Waals surface area contributed by atoms with Crippen LogP contribution in [0.5, 0.6) is 0 Å². The van der Waals surface area contributed by atoms with Crippen LogP contribution in [0.15, 0.2) is 48.5 Å². The number of carbonyl (C=O) groups excluding carboxylic acids is 2. The van der Waals surface area contributed by atoms with Crippen LogP contribution in [-0.4, -0.2) is 36.8 Å². The number of hydrogen-bond acceptors (Lipinski definition) is 4. The molecule has 28 heavy (non-hydrogen) atoms. The molecule has 0 aromatic heterocycles. The van der Waals surface area contributed by atoms with Gasteiger partial charge in [0.15, 0.2) is 0 Å². The van der Waals surface area contributed by atoms with E-state index in [0.717, 1.165) is 37.4 Å². The highest BCUT2D eigenvalue weighted by Gasteiger charge is 2.62. The first-order valence-corrected chi connectivity index (χ1v) is 8.11. The van der Waals surface area contributed by atoms with E-state index < -0.39 is 35.0 Å². The summed E-state index contributed by atoms with van der Waals surface area (Å²) in [6.07, 6.45) is -5.32. The van der Waals surface area contributed by atoms with Gasteiger partial charge in [0, 0.05) is 23.4 Å². The third-order valence-electron chi connectivity index (χ3n) is 4.12. The Morgan fingerprint density at radius 3 is 2.18 bits per heavy atom. The molecule has 0 saturated heterocycles. The lowest BCUT2D eigenvalue weighted by Gasteiger charge is -2.28. The molecule has 2 rings (SSSR count). The lowest BCUT2D eigenvalue weighted by Crippen LogP contribution is -2.49. The number of esters is 1. The Kier molecular flexibility index (Phi) is 6.08. The molecule has 1 unspecified atom stereocenters. The molecule has 0 saturated carbocycles. The summed E-state index contributed by atoms with van der Waals surface area (Å²) >= 11 is 0. The van der Waals surface area contributed by atoms with E-state index in [4.69, 9.17) is 0 Å². The molecular weight excluding hydrogens is 382 g/mol. The van der Waals surface area contributed by atoms with Gasteiger partial charge in [0.25, 0.3) is 11.5 Å². The van der Waals surface area contributed by atoms with Gasteiger partial charge in [-0.2, -0.15) is 13.2 Å². The molecule has 0 fully saturated rings. The van der Waals surface area contributed by atoms with Crippen LogP contribution in [0.25, 0.3) is 0 Å². The van der Waals surface area contributed by atoms with Crippen LogP contribution in [0.2, 0.25) is 0 Å². The molecule has 0 radical (unpaired) electrons. The van der Waals surface area contributed by atoms with Gasteiger partial charge in [0.05, 0.1) is 7.11 Å². The second kappa shape index (κ2) is 7.97. The summed E-state index contributed by atoms with van der Waals surface area (Å²) in [5.41, 5.74) is -4.34. The number of rotatable bonds is 5. The first-order chi connectivity index (χ1) is 13.1.